The van der Waals surface area contributed by atoms with Gasteiger partial charge in [0.1, 0.15) is 11.5 Å². The van der Waals surface area contributed by atoms with Crippen molar-refractivity contribution in [2.75, 3.05) is 11.9 Å². The largest absolute Gasteiger partial charge is 0.433 e. The van der Waals surface area contributed by atoms with Crippen LogP contribution in [0.2, 0.25) is 0 Å². The highest BCUT2D eigenvalue weighted by Gasteiger charge is 2.36. The average molecular weight is 232 g/mol. The Balaban J connectivity index is 3.22. The zero-order chi connectivity index (χ0) is 12.3. The number of alkyl halides is 3. The van der Waals surface area contributed by atoms with E-state index in [2.05, 4.69) is 10.3 Å². The molecule has 0 radical (unpaired) electrons. The summed E-state index contributed by atoms with van der Waals surface area (Å²) in [6.07, 6.45) is -4.40. The van der Waals surface area contributed by atoms with E-state index in [-0.39, 0.29) is 17.3 Å². The third kappa shape index (κ3) is 2.87. The van der Waals surface area contributed by atoms with Crippen LogP contribution in [0.4, 0.5) is 19.0 Å². The molecule has 1 aromatic heterocycles. The Morgan fingerprint density at radius 3 is 2.38 bits per heavy atom. The van der Waals surface area contributed by atoms with Gasteiger partial charge >= 0.3 is 6.18 Å². The molecule has 0 amide bonds. The Morgan fingerprint density at radius 2 is 1.94 bits per heavy atom. The van der Waals surface area contributed by atoms with E-state index in [1.54, 1.807) is 19.9 Å². The maximum absolute atomic E-state index is 12.7. The first kappa shape index (κ1) is 12.8. The summed E-state index contributed by atoms with van der Waals surface area (Å²) >= 11 is 0. The van der Waals surface area contributed by atoms with Gasteiger partial charge in [0.05, 0.1) is 0 Å². The van der Waals surface area contributed by atoms with Gasteiger partial charge in [-0.2, -0.15) is 13.2 Å². The fourth-order valence-corrected chi connectivity index (χ4v) is 1.44. The van der Waals surface area contributed by atoms with Gasteiger partial charge in [-0.15, -0.1) is 0 Å². The number of hydrogen-bond donors (Lipinski definition) is 1. The lowest BCUT2D eigenvalue weighted by molar-refractivity contribution is -0.141. The smallest absolute Gasteiger partial charge is 0.370 e. The molecule has 90 valence electrons. The molecule has 1 aromatic rings. The minimum atomic E-state index is -4.40. The molecule has 1 heterocycles. The van der Waals surface area contributed by atoms with E-state index >= 15 is 0 Å². The highest BCUT2D eigenvalue weighted by Crippen LogP contribution is 2.34. The summed E-state index contributed by atoms with van der Waals surface area (Å²) < 4.78 is 38.2. The molecule has 0 atom stereocenters. The van der Waals surface area contributed by atoms with Crippen molar-refractivity contribution in [3.8, 4) is 0 Å². The molecule has 2 nitrogen and oxygen atoms in total. The van der Waals surface area contributed by atoms with Crippen LogP contribution in [0, 0.1) is 0 Å². The fraction of sp³-hybridized carbons (Fsp3) is 0.545. The Labute approximate surface area is 92.9 Å². The van der Waals surface area contributed by atoms with Crippen molar-refractivity contribution < 1.29 is 13.2 Å². The third-order valence-electron chi connectivity index (χ3n) is 2.17. The van der Waals surface area contributed by atoms with Gasteiger partial charge in [0.15, 0.2) is 0 Å². The first-order valence-corrected chi connectivity index (χ1v) is 5.18. The molecular formula is C11H15F3N2. The van der Waals surface area contributed by atoms with Crippen LogP contribution in [0.1, 0.15) is 37.9 Å². The van der Waals surface area contributed by atoms with Crippen molar-refractivity contribution in [1.82, 2.24) is 4.98 Å². The quantitative estimate of drug-likeness (QED) is 0.860. The highest BCUT2D eigenvalue weighted by molar-refractivity contribution is 5.40. The monoisotopic (exact) mass is 232 g/mol. The van der Waals surface area contributed by atoms with Crippen molar-refractivity contribution in [3.63, 3.8) is 0 Å². The third-order valence-corrected chi connectivity index (χ3v) is 2.17. The SMILES string of the molecule is CCNc1ccc(C(C)C)c(C(F)(F)F)n1. The molecule has 0 unspecified atom stereocenters. The minimum Gasteiger partial charge on any atom is -0.370 e. The second kappa shape index (κ2) is 4.72. The van der Waals surface area contributed by atoms with Gasteiger partial charge in [0.25, 0.3) is 0 Å². The van der Waals surface area contributed by atoms with Crippen LogP contribution >= 0.6 is 0 Å². The number of hydrogen-bond acceptors (Lipinski definition) is 2. The first-order valence-electron chi connectivity index (χ1n) is 5.18. The first-order chi connectivity index (χ1) is 7.36. The summed E-state index contributed by atoms with van der Waals surface area (Å²) in [7, 11) is 0. The van der Waals surface area contributed by atoms with E-state index in [9.17, 15) is 13.2 Å². The van der Waals surface area contributed by atoms with Crippen LogP contribution < -0.4 is 5.32 Å². The topological polar surface area (TPSA) is 24.9 Å². The second-order valence-corrected chi connectivity index (χ2v) is 3.82. The molecule has 0 bridgehead atoms. The maximum Gasteiger partial charge on any atom is 0.433 e. The standard InChI is InChI=1S/C11H15F3N2/c1-4-15-9-6-5-8(7(2)3)10(16-9)11(12,13)14/h5-7H,4H2,1-3H3,(H,15,16). The molecule has 16 heavy (non-hydrogen) atoms. The molecule has 0 saturated carbocycles. The van der Waals surface area contributed by atoms with Gasteiger partial charge in [-0.25, -0.2) is 4.98 Å². The van der Waals surface area contributed by atoms with Gasteiger partial charge in [0.2, 0.25) is 0 Å². The molecule has 0 saturated heterocycles. The van der Waals surface area contributed by atoms with Gasteiger partial charge in [-0.3, -0.25) is 0 Å². The predicted octanol–water partition coefficient (Wildman–Crippen LogP) is 3.66. The lowest BCUT2D eigenvalue weighted by Gasteiger charge is -2.15. The number of nitrogens with zero attached hydrogens (tertiary/aromatic N) is 1. The summed E-state index contributed by atoms with van der Waals surface area (Å²) in [5.41, 5.74) is -0.560. The molecule has 5 heteroatoms. The summed E-state index contributed by atoms with van der Waals surface area (Å²) in [6.45, 7) is 5.80. The molecule has 0 spiro atoms. The van der Waals surface area contributed by atoms with E-state index in [4.69, 9.17) is 0 Å². The normalized spacial score (nSPS) is 11.9. The lowest BCUT2D eigenvalue weighted by atomic mass is 10.0. The average Bonchev–Trinajstić information content (AvgIpc) is 2.16. The highest BCUT2D eigenvalue weighted by atomic mass is 19.4. The van der Waals surface area contributed by atoms with Crippen molar-refractivity contribution in [2.45, 2.75) is 32.9 Å². The van der Waals surface area contributed by atoms with Crippen LogP contribution in [0.3, 0.4) is 0 Å². The number of halogens is 3. The molecule has 1 rings (SSSR count). The van der Waals surface area contributed by atoms with Gasteiger partial charge in [0, 0.05) is 6.54 Å². The van der Waals surface area contributed by atoms with Gasteiger partial charge in [-0.05, 0) is 24.5 Å². The number of aromatic nitrogens is 1. The van der Waals surface area contributed by atoms with Crippen LogP contribution in [0.5, 0.6) is 0 Å². The van der Waals surface area contributed by atoms with Crippen LogP contribution in [-0.4, -0.2) is 11.5 Å². The number of rotatable bonds is 3. The molecule has 0 fully saturated rings. The molecule has 0 aliphatic rings. The molecular weight excluding hydrogens is 217 g/mol. The van der Waals surface area contributed by atoms with Gasteiger partial charge in [-0.1, -0.05) is 19.9 Å². The van der Waals surface area contributed by atoms with E-state index in [1.807, 2.05) is 6.92 Å². The van der Waals surface area contributed by atoms with Crippen molar-refractivity contribution >= 4 is 5.82 Å². The van der Waals surface area contributed by atoms with E-state index in [0.717, 1.165) is 0 Å². The minimum absolute atomic E-state index is 0.195. The number of anilines is 1. The van der Waals surface area contributed by atoms with Crippen molar-refractivity contribution in [1.29, 1.82) is 0 Å². The number of pyridine rings is 1. The summed E-state index contributed by atoms with van der Waals surface area (Å²) in [4.78, 5) is 3.62. The molecule has 1 N–H and O–H groups in total. The Hall–Kier alpha value is -1.26. The Bertz CT molecular complexity index is 359. The Kier molecular flexibility index (Phi) is 3.78. The van der Waals surface area contributed by atoms with Crippen LogP contribution in [0.25, 0.3) is 0 Å². The maximum atomic E-state index is 12.7. The molecule has 0 aromatic carbocycles. The molecule has 0 aliphatic carbocycles. The summed E-state index contributed by atoms with van der Waals surface area (Å²) in [6, 6.07) is 3.06. The van der Waals surface area contributed by atoms with E-state index in [1.165, 1.54) is 6.07 Å². The van der Waals surface area contributed by atoms with E-state index in [0.29, 0.717) is 6.54 Å². The van der Waals surface area contributed by atoms with Crippen LogP contribution in [0.15, 0.2) is 12.1 Å². The van der Waals surface area contributed by atoms with Crippen molar-refractivity contribution in [3.05, 3.63) is 23.4 Å². The summed E-state index contributed by atoms with van der Waals surface area (Å²) in [5, 5.41) is 2.78. The predicted molar refractivity (Wildman–Crippen MR) is 57.5 cm³/mol. The lowest BCUT2D eigenvalue weighted by Crippen LogP contribution is -2.14. The zero-order valence-electron chi connectivity index (χ0n) is 9.52. The fourth-order valence-electron chi connectivity index (χ4n) is 1.44. The molecule has 0 aliphatic heterocycles. The van der Waals surface area contributed by atoms with Crippen LogP contribution in [-0.2, 0) is 6.18 Å². The Morgan fingerprint density at radius 1 is 1.31 bits per heavy atom. The number of nitrogens with one attached hydrogen (secondary N) is 1. The zero-order valence-corrected chi connectivity index (χ0v) is 9.52. The van der Waals surface area contributed by atoms with Gasteiger partial charge < -0.3 is 5.32 Å². The summed E-state index contributed by atoms with van der Waals surface area (Å²) in [5.74, 6) is 0.0685. The van der Waals surface area contributed by atoms with E-state index < -0.39 is 11.9 Å². The van der Waals surface area contributed by atoms with Crippen molar-refractivity contribution in [2.24, 2.45) is 0 Å². The second-order valence-electron chi connectivity index (χ2n) is 3.82.